The van der Waals surface area contributed by atoms with E-state index in [1.807, 2.05) is 27.3 Å². The molecule has 0 spiro atoms. The Morgan fingerprint density at radius 1 is 0.800 bits per heavy atom. The minimum atomic E-state index is -0.966. The van der Waals surface area contributed by atoms with Gasteiger partial charge >= 0.3 is 5.97 Å². The Hall–Kier alpha value is -3.75. The summed E-state index contributed by atoms with van der Waals surface area (Å²) in [6, 6.07) is -0.363. The van der Waals surface area contributed by atoms with Crippen molar-refractivity contribution in [1.82, 2.24) is 49.7 Å². The number of rotatable bonds is 26. The normalized spacial score (nSPS) is 14.0. The standard InChI is InChI=1S/C40H65N11O3S/c1-5-7-9-11-13-14-15-16-17-20-24-31(49(32(52)25-26-33(53)54)29-23-18-12-10-8-6-2)36-43-44-38-35(30(3)46-51(36)38)50-37-34(39(47-50)55-4)42-45-40(41-37)48-27-21-19-22-28-48/h31,46H,5-29H2,1-4H3,(H,53,54). The molecule has 2 N–H and O–H groups in total. The van der Waals surface area contributed by atoms with E-state index in [4.69, 9.17) is 20.3 Å². The summed E-state index contributed by atoms with van der Waals surface area (Å²) in [5.74, 6) is 0.141. The van der Waals surface area contributed by atoms with Gasteiger partial charge in [-0.15, -0.1) is 32.2 Å². The van der Waals surface area contributed by atoms with Crippen LogP contribution in [0.5, 0.6) is 0 Å². The van der Waals surface area contributed by atoms with Crippen molar-refractivity contribution in [2.24, 2.45) is 0 Å². The van der Waals surface area contributed by atoms with Crippen LogP contribution in [0, 0.1) is 6.92 Å². The van der Waals surface area contributed by atoms with Gasteiger partial charge in [0.2, 0.25) is 17.5 Å². The van der Waals surface area contributed by atoms with Gasteiger partial charge < -0.3 is 14.9 Å². The topological polar surface area (TPSA) is 163 Å². The van der Waals surface area contributed by atoms with E-state index in [0.29, 0.717) is 35.1 Å². The van der Waals surface area contributed by atoms with Crippen molar-refractivity contribution < 1.29 is 14.7 Å². The number of piperidine rings is 1. The van der Waals surface area contributed by atoms with Gasteiger partial charge in [0.1, 0.15) is 10.7 Å². The van der Waals surface area contributed by atoms with Crippen molar-refractivity contribution >= 4 is 46.4 Å². The van der Waals surface area contributed by atoms with Gasteiger partial charge in [-0.3, -0.25) is 14.7 Å². The summed E-state index contributed by atoms with van der Waals surface area (Å²) in [5.41, 5.74) is 3.41. The molecule has 0 radical (unpaired) electrons. The highest BCUT2D eigenvalue weighted by Gasteiger charge is 2.32. The molecule has 1 saturated heterocycles. The van der Waals surface area contributed by atoms with Crippen LogP contribution in [0.1, 0.15) is 173 Å². The monoisotopic (exact) mass is 779 g/mol. The van der Waals surface area contributed by atoms with E-state index in [1.165, 1.54) is 82.4 Å². The largest absolute Gasteiger partial charge is 0.481 e. The van der Waals surface area contributed by atoms with Crippen LogP contribution in [0.2, 0.25) is 0 Å². The molecule has 55 heavy (non-hydrogen) atoms. The maximum absolute atomic E-state index is 14.0. The molecule has 304 valence electrons. The molecule has 0 aliphatic carbocycles. The number of nitrogens with one attached hydrogen (secondary N) is 1. The summed E-state index contributed by atoms with van der Waals surface area (Å²) in [6.45, 7) is 8.81. The van der Waals surface area contributed by atoms with Crippen LogP contribution in [0.4, 0.5) is 5.95 Å². The summed E-state index contributed by atoms with van der Waals surface area (Å²) in [4.78, 5) is 34.7. The summed E-state index contributed by atoms with van der Waals surface area (Å²) in [6.07, 6.45) is 24.6. The predicted octanol–water partition coefficient (Wildman–Crippen LogP) is 9.01. The number of aryl methyl sites for hydroxylation is 1. The van der Waals surface area contributed by atoms with Crippen LogP contribution in [-0.4, -0.2) is 92.5 Å². The van der Waals surface area contributed by atoms with Gasteiger partial charge in [0.25, 0.3) is 0 Å². The molecule has 1 amide bonds. The third-order valence-corrected chi connectivity index (χ3v) is 11.6. The number of anilines is 1. The molecule has 1 unspecified atom stereocenters. The van der Waals surface area contributed by atoms with Gasteiger partial charge in [0.05, 0.1) is 18.2 Å². The molecule has 14 nitrogen and oxygen atoms in total. The lowest BCUT2D eigenvalue weighted by Gasteiger charge is -2.31. The number of carboxylic acid groups (broad SMARTS) is 1. The number of hydrogen-bond donors (Lipinski definition) is 2. The molecule has 4 aromatic rings. The van der Waals surface area contributed by atoms with Crippen molar-refractivity contribution in [3.8, 4) is 5.69 Å². The number of thioether (sulfide) groups is 1. The first-order chi connectivity index (χ1) is 26.9. The first-order valence-electron chi connectivity index (χ1n) is 21.2. The zero-order chi connectivity index (χ0) is 39.0. The zero-order valence-corrected chi connectivity index (χ0v) is 34.7. The first-order valence-corrected chi connectivity index (χ1v) is 22.5. The Morgan fingerprint density at radius 2 is 1.44 bits per heavy atom. The third-order valence-electron chi connectivity index (χ3n) is 11.0. The molecular weight excluding hydrogens is 715 g/mol. The van der Waals surface area contributed by atoms with E-state index in [9.17, 15) is 14.7 Å². The van der Waals surface area contributed by atoms with Crippen LogP contribution in [0.25, 0.3) is 22.5 Å². The third kappa shape index (κ3) is 11.4. The van der Waals surface area contributed by atoms with Crippen molar-refractivity contribution in [2.75, 3.05) is 30.8 Å². The van der Waals surface area contributed by atoms with Gasteiger partial charge in [-0.25, -0.2) is 9.20 Å². The number of aromatic amines is 1. The second-order valence-electron chi connectivity index (χ2n) is 15.3. The zero-order valence-electron chi connectivity index (χ0n) is 33.9. The average Bonchev–Trinajstić information content (AvgIpc) is 3.87. The molecular formula is C40H65N11O3S. The number of aromatic nitrogens is 9. The maximum atomic E-state index is 14.0. The molecule has 4 aromatic heterocycles. The predicted molar refractivity (Wildman–Crippen MR) is 219 cm³/mol. The van der Waals surface area contributed by atoms with Crippen LogP contribution in [-0.2, 0) is 9.59 Å². The Labute approximate surface area is 331 Å². The molecule has 1 aliphatic heterocycles. The number of H-pyrrole nitrogens is 1. The molecule has 5 heterocycles. The molecule has 1 atom stereocenters. The van der Waals surface area contributed by atoms with Crippen LogP contribution < -0.4 is 4.90 Å². The fourth-order valence-electron chi connectivity index (χ4n) is 7.84. The minimum absolute atomic E-state index is 0.0422. The lowest BCUT2D eigenvalue weighted by atomic mass is 10.0. The number of aliphatic carboxylic acids is 1. The van der Waals surface area contributed by atoms with Crippen LogP contribution in [0.15, 0.2) is 5.03 Å². The van der Waals surface area contributed by atoms with Crippen molar-refractivity contribution in [3.63, 3.8) is 0 Å². The highest BCUT2D eigenvalue weighted by Crippen LogP contribution is 2.33. The number of unbranched alkanes of at least 4 members (excludes halogenated alkanes) is 14. The second-order valence-corrected chi connectivity index (χ2v) is 16.1. The maximum Gasteiger partial charge on any atom is 0.303 e. The number of nitrogens with zero attached hydrogens (tertiary/aromatic N) is 10. The average molecular weight is 780 g/mol. The summed E-state index contributed by atoms with van der Waals surface area (Å²) < 4.78 is 3.71. The number of hydrogen-bond acceptors (Lipinski definition) is 10. The number of amides is 1. The Balaban J connectivity index is 1.45. The number of carbonyl (C=O) groups excluding carboxylic acids is 1. The quantitative estimate of drug-likeness (QED) is 0.0462. The number of fused-ring (bicyclic) bond motifs is 2. The van der Waals surface area contributed by atoms with E-state index in [-0.39, 0.29) is 24.8 Å². The number of carboxylic acids is 1. The van der Waals surface area contributed by atoms with Crippen LogP contribution in [0.3, 0.4) is 0 Å². The molecule has 0 aromatic carbocycles. The molecule has 1 fully saturated rings. The van der Waals surface area contributed by atoms with Gasteiger partial charge in [-0.05, 0) is 45.3 Å². The van der Waals surface area contributed by atoms with Gasteiger partial charge in [0, 0.05) is 26.1 Å². The number of carbonyl (C=O) groups is 2. The fraction of sp³-hybridized carbons (Fsp3) is 0.750. The SMILES string of the molecule is CCCCCCCCCCCCC(c1nnc2c(-n3nc(SC)c4nnc(N5CCCCC5)nc43)c(C)[nH]n12)N(CCCCCCCC)C(=O)CCC(=O)O. The molecule has 0 saturated carbocycles. The van der Waals surface area contributed by atoms with Gasteiger partial charge in [-0.1, -0.05) is 110 Å². The van der Waals surface area contributed by atoms with Gasteiger partial charge in [-0.2, -0.15) is 10.1 Å². The molecule has 1 aliphatic rings. The van der Waals surface area contributed by atoms with Crippen LogP contribution >= 0.6 is 11.8 Å². The second kappa shape index (κ2) is 22.1. The van der Waals surface area contributed by atoms with E-state index in [2.05, 4.69) is 34.0 Å². The Kier molecular flexibility index (Phi) is 17.0. The van der Waals surface area contributed by atoms with E-state index in [0.717, 1.165) is 87.3 Å². The highest BCUT2D eigenvalue weighted by atomic mass is 32.2. The van der Waals surface area contributed by atoms with Crippen molar-refractivity contribution in [1.29, 1.82) is 0 Å². The molecule has 5 rings (SSSR count). The van der Waals surface area contributed by atoms with Gasteiger partial charge in [0.15, 0.2) is 17.0 Å². The molecule has 15 heteroatoms. The van der Waals surface area contributed by atoms with Crippen molar-refractivity contribution in [3.05, 3.63) is 11.5 Å². The summed E-state index contributed by atoms with van der Waals surface area (Å²) >= 11 is 1.50. The Morgan fingerprint density at radius 3 is 2.07 bits per heavy atom. The van der Waals surface area contributed by atoms with E-state index >= 15 is 0 Å². The van der Waals surface area contributed by atoms with E-state index < -0.39 is 5.97 Å². The highest BCUT2D eigenvalue weighted by molar-refractivity contribution is 7.98. The first kappa shape index (κ1) is 42.4. The fourth-order valence-corrected chi connectivity index (χ4v) is 8.33. The summed E-state index contributed by atoms with van der Waals surface area (Å²) in [7, 11) is 0. The minimum Gasteiger partial charge on any atom is -0.481 e. The lowest BCUT2D eigenvalue weighted by molar-refractivity contribution is -0.142. The Bertz CT molecular complexity index is 1780. The lowest BCUT2D eigenvalue weighted by Crippen LogP contribution is -2.37. The van der Waals surface area contributed by atoms with E-state index in [1.54, 1.807) is 0 Å². The van der Waals surface area contributed by atoms with Crippen molar-refractivity contribution in [2.45, 2.75) is 173 Å². The summed E-state index contributed by atoms with van der Waals surface area (Å²) in [5, 5.41) is 37.3. The smallest absolute Gasteiger partial charge is 0.303 e. The molecule has 0 bridgehead atoms.